The number of nitro benzene ring substituents is 1. The van der Waals surface area contributed by atoms with Gasteiger partial charge in [0.1, 0.15) is 5.82 Å². The van der Waals surface area contributed by atoms with Crippen LogP contribution in [0.25, 0.3) is 0 Å². The van der Waals surface area contributed by atoms with Gasteiger partial charge in [0.2, 0.25) is 0 Å². The third-order valence-corrected chi connectivity index (χ3v) is 5.67. The number of nitrogens with two attached hydrogens (primary N) is 1. The summed E-state index contributed by atoms with van der Waals surface area (Å²) in [5, 5.41) is 11.0. The molecule has 1 atom stereocenters. The molecule has 124 valence electrons. The molecule has 0 radical (unpaired) electrons. The van der Waals surface area contributed by atoms with Crippen LogP contribution in [0.4, 0.5) is 10.1 Å². The summed E-state index contributed by atoms with van der Waals surface area (Å²) in [6, 6.07) is 2.99. The summed E-state index contributed by atoms with van der Waals surface area (Å²) < 4.78 is 40.0. The van der Waals surface area contributed by atoms with Gasteiger partial charge in [-0.25, -0.2) is 12.8 Å². The number of hydrogen-bond acceptors (Lipinski definition) is 5. The van der Waals surface area contributed by atoms with E-state index in [0.717, 1.165) is 22.5 Å². The van der Waals surface area contributed by atoms with Crippen LogP contribution >= 0.6 is 12.4 Å². The Morgan fingerprint density at radius 3 is 2.64 bits per heavy atom. The standard InChI is InChI=1S/C12H16FN3O4S.ClH/c1-12(7-14)5-6-15(8-12)21(19,20)11-9(13)3-2-4-10(11)16(17)18;/h2-4H,5-8,14H2,1H3;1H. The van der Waals surface area contributed by atoms with Crippen molar-refractivity contribution in [1.29, 1.82) is 0 Å². The molecule has 0 aromatic heterocycles. The molecular weight excluding hydrogens is 337 g/mol. The fraction of sp³-hybridized carbons (Fsp3) is 0.500. The molecule has 1 aromatic rings. The third kappa shape index (κ3) is 3.22. The zero-order valence-corrected chi connectivity index (χ0v) is 13.5. The van der Waals surface area contributed by atoms with E-state index >= 15 is 0 Å². The lowest BCUT2D eigenvalue weighted by atomic mass is 9.90. The largest absolute Gasteiger partial charge is 0.330 e. The van der Waals surface area contributed by atoms with Gasteiger partial charge < -0.3 is 5.73 Å². The second-order valence-corrected chi connectivity index (χ2v) is 7.32. The zero-order chi connectivity index (χ0) is 15.8. The van der Waals surface area contributed by atoms with Gasteiger partial charge in [-0.15, -0.1) is 12.4 Å². The van der Waals surface area contributed by atoms with E-state index in [4.69, 9.17) is 5.73 Å². The van der Waals surface area contributed by atoms with Gasteiger partial charge in [-0.05, 0) is 24.4 Å². The molecule has 0 amide bonds. The van der Waals surface area contributed by atoms with Crippen molar-refractivity contribution in [2.45, 2.75) is 18.2 Å². The molecule has 0 aliphatic carbocycles. The van der Waals surface area contributed by atoms with E-state index in [9.17, 15) is 22.9 Å². The summed E-state index contributed by atoms with van der Waals surface area (Å²) in [4.78, 5) is 9.18. The maximum atomic E-state index is 13.9. The average molecular weight is 354 g/mol. The minimum atomic E-state index is -4.27. The van der Waals surface area contributed by atoms with Crippen LogP contribution in [0, 0.1) is 21.3 Å². The zero-order valence-electron chi connectivity index (χ0n) is 11.9. The molecule has 1 aliphatic rings. The molecule has 7 nitrogen and oxygen atoms in total. The summed E-state index contributed by atoms with van der Waals surface area (Å²) in [6.45, 7) is 2.41. The van der Waals surface area contributed by atoms with E-state index in [1.807, 2.05) is 6.92 Å². The van der Waals surface area contributed by atoms with Crippen LogP contribution in [0.2, 0.25) is 0 Å². The lowest BCUT2D eigenvalue weighted by Crippen LogP contribution is -2.35. The number of sulfonamides is 1. The highest BCUT2D eigenvalue weighted by molar-refractivity contribution is 7.89. The van der Waals surface area contributed by atoms with E-state index in [1.54, 1.807) is 0 Å². The maximum absolute atomic E-state index is 13.9. The number of nitrogens with zero attached hydrogens (tertiary/aromatic N) is 2. The second-order valence-electron chi connectivity index (χ2n) is 5.45. The molecule has 10 heteroatoms. The van der Waals surface area contributed by atoms with Crippen molar-refractivity contribution in [1.82, 2.24) is 4.31 Å². The van der Waals surface area contributed by atoms with Crippen molar-refractivity contribution in [2.24, 2.45) is 11.1 Å². The van der Waals surface area contributed by atoms with Crippen molar-refractivity contribution in [3.8, 4) is 0 Å². The van der Waals surface area contributed by atoms with Gasteiger partial charge in [0.05, 0.1) is 4.92 Å². The topological polar surface area (TPSA) is 107 Å². The first-order valence-electron chi connectivity index (χ1n) is 6.34. The lowest BCUT2D eigenvalue weighted by molar-refractivity contribution is -0.388. The Hall–Kier alpha value is -1.29. The normalized spacial score (nSPS) is 22.3. The first-order valence-corrected chi connectivity index (χ1v) is 7.78. The molecule has 1 unspecified atom stereocenters. The molecule has 1 aliphatic heterocycles. The highest BCUT2D eigenvalue weighted by Crippen LogP contribution is 2.36. The van der Waals surface area contributed by atoms with Gasteiger partial charge in [0.15, 0.2) is 4.90 Å². The molecule has 22 heavy (non-hydrogen) atoms. The van der Waals surface area contributed by atoms with Crippen molar-refractivity contribution >= 4 is 28.1 Å². The Labute approximate surface area is 133 Å². The van der Waals surface area contributed by atoms with Crippen LogP contribution < -0.4 is 5.73 Å². The van der Waals surface area contributed by atoms with Crippen molar-refractivity contribution in [3.05, 3.63) is 34.1 Å². The minimum absolute atomic E-state index is 0. The monoisotopic (exact) mass is 353 g/mol. The van der Waals surface area contributed by atoms with E-state index in [-0.39, 0.29) is 25.5 Å². The average Bonchev–Trinajstić information content (AvgIpc) is 2.82. The smallest absolute Gasteiger partial charge is 0.292 e. The van der Waals surface area contributed by atoms with Crippen molar-refractivity contribution < 1.29 is 17.7 Å². The predicted molar refractivity (Wildman–Crippen MR) is 80.8 cm³/mol. The van der Waals surface area contributed by atoms with Crippen LogP contribution in [0.5, 0.6) is 0 Å². The van der Waals surface area contributed by atoms with Gasteiger partial charge in [-0.3, -0.25) is 10.1 Å². The Morgan fingerprint density at radius 2 is 2.14 bits per heavy atom. The number of rotatable bonds is 4. The molecule has 2 N–H and O–H groups in total. The summed E-state index contributed by atoms with van der Waals surface area (Å²) in [7, 11) is -4.27. The van der Waals surface area contributed by atoms with Gasteiger partial charge in [0.25, 0.3) is 15.7 Å². The molecule has 1 heterocycles. The van der Waals surface area contributed by atoms with Crippen LogP contribution in [0.15, 0.2) is 23.1 Å². The Morgan fingerprint density at radius 1 is 1.50 bits per heavy atom. The second kappa shape index (κ2) is 6.45. The van der Waals surface area contributed by atoms with E-state index in [1.165, 1.54) is 0 Å². The Balaban J connectivity index is 0.00000242. The minimum Gasteiger partial charge on any atom is -0.330 e. The molecule has 0 bridgehead atoms. The van der Waals surface area contributed by atoms with Crippen molar-refractivity contribution in [3.63, 3.8) is 0 Å². The van der Waals surface area contributed by atoms with Gasteiger partial charge >= 0.3 is 0 Å². The lowest BCUT2D eigenvalue weighted by Gasteiger charge is -2.22. The van der Waals surface area contributed by atoms with Crippen LogP contribution in [0.1, 0.15) is 13.3 Å². The van der Waals surface area contributed by atoms with Crippen LogP contribution in [-0.4, -0.2) is 37.3 Å². The number of nitro groups is 1. The van der Waals surface area contributed by atoms with E-state index in [0.29, 0.717) is 13.0 Å². The number of hydrogen-bond donors (Lipinski definition) is 1. The van der Waals surface area contributed by atoms with Crippen LogP contribution in [0.3, 0.4) is 0 Å². The molecular formula is C12H17ClFN3O4S. The fourth-order valence-corrected chi connectivity index (χ4v) is 4.17. The van der Waals surface area contributed by atoms with Gasteiger partial charge in [-0.2, -0.15) is 4.31 Å². The molecule has 1 fully saturated rings. The quantitative estimate of drug-likeness (QED) is 0.652. The molecule has 2 rings (SSSR count). The summed E-state index contributed by atoms with van der Waals surface area (Å²) >= 11 is 0. The van der Waals surface area contributed by atoms with E-state index in [2.05, 4.69) is 0 Å². The number of halogens is 2. The van der Waals surface area contributed by atoms with Crippen LogP contribution in [-0.2, 0) is 10.0 Å². The Kier molecular flexibility index (Phi) is 5.50. The maximum Gasteiger partial charge on any atom is 0.292 e. The van der Waals surface area contributed by atoms with E-state index < -0.39 is 36.8 Å². The first kappa shape index (κ1) is 18.8. The van der Waals surface area contributed by atoms with Crippen molar-refractivity contribution in [2.75, 3.05) is 19.6 Å². The summed E-state index contributed by atoms with van der Waals surface area (Å²) in [6.07, 6.45) is 0.533. The fourth-order valence-electron chi connectivity index (χ4n) is 2.38. The third-order valence-electron chi connectivity index (χ3n) is 3.76. The molecule has 1 aromatic carbocycles. The molecule has 0 spiro atoms. The number of benzene rings is 1. The predicted octanol–water partition coefficient (Wildman–Crippen LogP) is 1.52. The van der Waals surface area contributed by atoms with Gasteiger partial charge in [-0.1, -0.05) is 13.0 Å². The highest BCUT2D eigenvalue weighted by Gasteiger charge is 2.42. The summed E-state index contributed by atoms with van der Waals surface area (Å²) in [5.74, 6) is -1.12. The molecule has 1 saturated heterocycles. The Bertz CT molecular complexity index is 685. The SMILES string of the molecule is CC1(CN)CCN(S(=O)(=O)c2c(F)cccc2[N+](=O)[O-])C1.Cl. The van der Waals surface area contributed by atoms with Gasteiger partial charge in [0, 0.05) is 19.2 Å². The molecule has 0 saturated carbocycles. The highest BCUT2D eigenvalue weighted by atomic mass is 35.5. The first-order chi connectivity index (χ1) is 9.71. The summed E-state index contributed by atoms with van der Waals surface area (Å²) in [5.41, 5.74) is 4.47.